The number of pyridine rings is 1. The Kier molecular flexibility index (Phi) is 3.24. The fraction of sp³-hybridized carbons (Fsp3) is 0.273. The van der Waals surface area contributed by atoms with Gasteiger partial charge in [-0.05, 0) is 26.0 Å². The first-order valence-corrected chi connectivity index (χ1v) is 4.42. The number of rotatable bonds is 2. The number of allylic oxidation sites excluding steroid dienone is 2. The third-order valence-electron chi connectivity index (χ3n) is 2.04. The van der Waals surface area contributed by atoms with Crippen molar-refractivity contribution in [3.63, 3.8) is 0 Å². The van der Waals surface area contributed by atoms with Crippen molar-refractivity contribution < 1.29 is 0 Å². The zero-order chi connectivity index (χ0) is 10.6. The minimum atomic E-state index is -0.217. The highest BCUT2D eigenvalue weighted by Crippen LogP contribution is 1.97. The van der Waals surface area contributed by atoms with Crippen LogP contribution >= 0.6 is 0 Å². The number of aromatic nitrogens is 1. The molecule has 0 aliphatic carbocycles. The summed E-state index contributed by atoms with van der Waals surface area (Å²) in [6.45, 7) is 4.28. The van der Waals surface area contributed by atoms with Crippen LogP contribution in [0.25, 0.3) is 0 Å². The van der Waals surface area contributed by atoms with E-state index in [0.717, 1.165) is 5.69 Å². The number of nitrogens with zero attached hydrogens (tertiary/aromatic N) is 2. The average Bonchev–Trinajstić information content (AvgIpc) is 2.18. The molecule has 0 fully saturated rings. The fourth-order valence-corrected chi connectivity index (χ4v) is 1.19. The van der Waals surface area contributed by atoms with Gasteiger partial charge in [0.05, 0.1) is 0 Å². The lowest BCUT2D eigenvalue weighted by Crippen LogP contribution is -2.23. The molecule has 1 heterocycles. The van der Waals surface area contributed by atoms with Gasteiger partial charge in [-0.3, -0.25) is 4.79 Å². The Hall–Kier alpha value is -1.82. The van der Waals surface area contributed by atoms with Gasteiger partial charge in [-0.2, -0.15) is 5.26 Å². The van der Waals surface area contributed by atoms with Crippen molar-refractivity contribution in [3.8, 4) is 6.07 Å². The summed E-state index contributed by atoms with van der Waals surface area (Å²) in [4.78, 5) is 11.6. The summed E-state index contributed by atoms with van der Waals surface area (Å²) in [5, 5.41) is 8.68. The van der Waals surface area contributed by atoms with Crippen molar-refractivity contribution in [1.82, 2.24) is 4.57 Å². The number of hydrogen-bond donors (Lipinski definition) is 0. The number of aryl methyl sites for hydroxylation is 1. The van der Waals surface area contributed by atoms with E-state index < -0.39 is 0 Å². The maximum atomic E-state index is 11.6. The van der Waals surface area contributed by atoms with Gasteiger partial charge < -0.3 is 4.57 Å². The second kappa shape index (κ2) is 4.43. The molecule has 0 aliphatic rings. The van der Waals surface area contributed by atoms with E-state index in [4.69, 9.17) is 5.26 Å². The smallest absolute Gasteiger partial charge is 0.268 e. The van der Waals surface area contributed by atoms with Crippen LogP contribution in [0.1, 0.15) is 18.2 Å². The molecular weight excluding hydrogens is 176 g/mol. The van der Waals surface area contributed by atoms with Crippen molar-refractivity contribution in [3.05, 3.63) is 45.9 Å². The number of hydrogen-bond acceptors (Lipinski definition) is 2. The van der Waals surface area contributed by atoms with Crippen LogP contribution in [0, 0.1) is 18.3 Å². The molecule has 0 N–H and O–H groups in total. The first-order valence-electron chi connectivity index (χ1n) is 4.42. The van der Waals surface area contributed by atoms with Crippen LogP contribution in [0.5, 0.6) is 0 Å². The Balaban J connectivity index is 3.27. The molecule has 0 radical (unpaired) electrons. The van der Waals surface area contributed by atoms with E-state index in [0.29, 0.717) is 6.54 Å². The molecule has 0 saturated carbocycles. The van der Waals surface area contributed by atoms with Gasteiger partial charge in [0.1, 0.15) is 11.6 Å². The van der Waals surface area contributed by atoms with Crippen LogP contribution < -0.4 is 5.56 Å². The molecular formula is C11H12N2O. The first-order chi connectivity index (χ1) is 6.70. The van der Waals surface area contributed by atoms with Gasteiger partial charge in [-0.15, -0.1) is 0 Å². The Morgan fingerprint density at radius 2 is 2.29 bits per heavy atom. The largest absolute Gasteiger partial charge is 0.308 e. The molecule has 0 spiro atoms. The standard InChI is InChI=1S/C11H12N2O/c1-3-4-7-13-9(2)5-6-10(8-12)11(13)14/h3-6H,7H2,1-2H3/b4-3+. The summed E-state index contributed by atoms with van der Waals surface area (Å²) in [5.41, 5.74) is 0.845. The van der Waals surface area contributed by atoms with Crippen molar-refractivity contribution in [2.45, 2.75) is 20.4 Å². The molecule has 14 heavy (non-hydrogen) atoms. The van der Waals surface area contributed by atoms with Crippen LogP contribution in [0.2, 0.25) is 0 Å². The minimum Gasteiger partial charge on any atom is -0.308 e. The number of nitriles is 1. The second-order valence-corrected chi connectivity index (χ2v) is 2.98. The molecule has 0 unspecified atom stereocenters. The van der Waals surface area contributed by atoms with Crippen LogP contribution in [-0.4, -0.2) is 4.57 Å². The molecule has 0 atom stereocenters. The minimum absolute atomic E-state index is 0.195. The monoisotopic (exact) mass is 188 g/mol. The molecule has 0 saturated heterocycles. The van der Waals surface area contributed by atoms with E-state index in [-0.39, 0.29) is 11.1 Å². The third-order valence-corrected chi connectivity index (χ3v) is 2.04. The topological polar surface area (TPSA) is 45.8 Å². The zero-order valence-electron chi connectivity index (χ0n) is 8.32. The van der Waals surface area contributed by atoms with Gasteiger partial charge in [0, 0.05) is 12.2 Å². The Bertz CT molecular complexity index is 449. The normalized spacial score (nSPS) is 10.4. The fourth-order valence-electron chi connectivity index (χ4n) is 1.19. The van der Waals surface area contributed by atoms with E-state index in [1.54, 1.807) is 16.7 Å². The second-order valence-electron chi connectivity index (χ2n) is 2.98. The summed E-state index contributed by atoms with van der Waals surface area (Å²) in [6, 6.07) is 5.22. The van der Waals surface area contributed by atoms with Crippen molar-refractivity contribution >= 4 is 0 Å². The Labute approximate surface area is 82.9 Å². The van der Waals surface area contributed by atoms with E-state index in [9.17, 15) is 4.79 Å². The quantitative estimate of drug-likeness (QED) is 0.662. The summed E-state index contributed by atoms with van der Waals surface area (Å²) >= 11 is 0. The van der Waals surface area contributed by atoms with Crippen molar-refractivity contribution in [2.75, 3.05) is 0 Å². The van der Waals surface area contributed by atoms with Crippen LogP contribution in [-0.2, 0) is 6.54 Å². The highest BCUT2D eigenvalue weighted by atomic mass is 16.1. The van der Waals surface area contributed by atoms with E-state index in [2.05, 4.69) is 0 Å². The van der Waals surface area contributed by atoms with Gasteiger partial charge in [0.15, 0.2) is 0 Å². The molecule has 1 rings (SSSR count). The van der Waals surface area contributed by atoms with Crippen LogP contribution in [0.4, 0.5) is 0 Å². The maximum Gasteiger partial charge on any atom is 0.268 e. The molecule has 3 nitrogen and oxygen atoms in total. The SMILES string of the molecule is C/C=C/Cn1c(C)ccc(C#N)c1=O. The highest BCUT2D eigenvalue weighted by Gasteiger charge is 2.03. The summed E-state index contributed by atoms with van der Waals surface area (Å²) in [5.74, 6) is 0. The molecule has 1 aromatic rings. The van der Waals surface area contributed by atoms with E-state index >= 15 is 0 Å². The van der Waals surface area contributed by atoms with Gasteiger partial charge in [0.2, 0.25) is 0 Å². The summed E-state index contributed by atoms with van der Waals surface area (Å²) in [7, 11) is 0. The lowest BCUT2D eigenvalue weighted by atomic mass is 10.2. The Morgan fingerprint density at radius 1 is 1.57 bits per heavy atom. The lowest BCUT2D eigenvalue weighted by molar-refractivity contribution is 0.743. The predicted molar refractivity (Wildman–Crippen MR) is 55.0 cm³/mol. The average molecular weight is 188 g/mol. The highest BCUT2D eigenvalue weighted by molar-refractivity contribution is 5.27. The van der Waals surface area contributed by atoms with Crippen LogP contribution in [0.3, 0.4) is 0 Å². The summed E-state index contributed by atoms with van der Waals surface area (Å²) in [6.07, 6.45) is 3.76. The predicted octanol–water partition coefficient (Wildman–Crippen LogP) is 1.60. The van der Waals surface area contributed by atoms with Gasteiger partial charge in [0.25, 0.3) is 5.56 Å². The molecule has 0 aliphatic heterocycles. The molecule has 0 amide bonds. The van der Waals surface area contributed by atoms with Gasteiger partial charge >= 0.3 is 0 Å². The third kappa shape index (κ3) is 1.91. The molecule has 72 valence electrons. The van der Waals surface area contributed by atoms with E-state index in [1.807, 2.05) is 32.1 Å². The zero-order valence-corrected chi connectivity index (χ0v) is 8.32. The van der Waals surface area contributed by atoms with Gasteiger partial charge in [-0.25, -0.2) is 0 Å². The molecule has 3 heteroatoms. The van der Waals surface area contributed by atoms with Crippen LogP contribution in [0.15, 0.2) is 29.1 Å². The maximum absolute atomic E-state index is 11.6. The molecule has 1 aromatic heterocycles. The Morgan fingerprint density at radius 3 is 2.86 bits per heavy atom. The molecule has 0 bridgehead atoms. The van der Waals surface area contributed by atoms with Crippen molar-refractivity contribution in [2.24, 2.45) is 0 Å². The lowest BCUT2D eigenvalue weighted by Gasteiger charge is -2.06. The van der Waals surface area contributed by atoms with Crippen molar-refractivity contribution in [1.29, 1.82) is 5.26 Å². The summed E-state index contributed by atoms with van der Waals surface area (Å²) < 4.78 is 1.58. The van der Waals surface area contributed by atoms with E-state index in [1.165, 1.54) is 0 Å². The first kappa shape index (κ1) is 10.3. The molecule has 0 aromatic carbocycles. The van der Waals surface area contributed by atoms with Gasteiger partial charge in [-0.1, -0.05) is 12.2 Å².